The van der Waals surface area contributed by atoms with Crippen LogP contribution in [-0.4, -0.2) is 24.4 Å². The van der Waals surface area contributed by atoms with Crippen molar-refractivity contribution in [2.45, 2.75) is 6.54 Å². The zero-order valence-electron chi connectivity index (χ0n) is 7.12. The molecule has 0 saturated carbocycles. The van der Waals surface area contributed by atoms with Gasteiger partial charge in [-0.2, -0.15) is 0 Å². The number of nitrogens with one attached hydrogen (secondary N) is 1. The summed E-state index contributed by atoms with van der Waals surface area (Å²) in [7, 11) is 0. The highest BCUT2D eigenvalue weighted by molar-refractivity contribution is 5.79. The van der Waals surface area contributed by atoms with Gasteiger partial charge in [0, 0.05) is 31.0 Å². The number of hydrogen-bond acceptors (Lipinski definition) is 4. The van der Waals surface area contributed by atoms with E-state index in [0.29, 0.717) is 24.5 Å². The third-order valence-electron chi connectivity index (χ3n) is 1.97. The van der Waals surface area contributed by atoms with Gasteiger partial charge in [-0.15, -0.1) is 0 Å². The summed E-state index contributed by atoms with van der Waals surface area (Å²) < 4.78 is 5.44. The summed E-state index contributed by atoms with van der Waals surface area (Å²) in [5, 5.41) is 3.17. The maximum atomic E-state index is 10.7. The summed E-state index contributed by atoms with van der Waals surface area (Å²) in [6.07, 6.45) is 4.02. The molecule has 1 N–H and O–H groups in total. The van der Waals surface area contributed by atoms with Crippen LogP contribution in [-0.2, 0) is 6.54 Å². The second-order valence-corrected chi connectivity index (χ2v) is 2.86. The normalized spacial score (nSPS) is 15.4. The fourth-order valence-corrected chi connectivity index (χ4v) is 1.34. The molecular weight excluding hydrogens is 168 g/mol. The molecule has 0 bridgehead atoms. The van der Waals surface area contributed by atoms with Gasteiger partial charge in [-0.3, -0.25) is 9.78 Å². The minimum Gasteiger partial charge on any atom is -0.491 e. The molecule has 4 nitrogen and oxygen atoms in total. The van der Waals surface area contributed by atoms with Crippen molar-refractivity contribution in [3.8, 4) is 5.75 Å². The fraction of sp³-hybridized carbons (Fsp3) is 0.333. The molecule has 0 amide bonds. The van der Waals surface area contributed by atoms with Gasteiger partial charge in [0.2, 0.25) is 0 Å². The van der Waals surface area contributed by atoms with Crippen molar-refractivity contribution in [2.75, 3.05) is 13.2 Å². The predicted octanol–water partition coefficient (Wildman–Crippen LogP) is 0.376. The number of nitrogens with zero attached hydrogens (tertiary/aromatic N) is 1. The summed E-state index contributed by atoms with van der Waals surface area (Å²) in [5.41, 5.74) is 1.48. The average molecular weight is 178 g/mol. The quantitative estimate of drug-likeness (QED) is 0.631. The highest BCUT2D eigenvalue weighted by atomic mass is 16.5. The summed E-state index contributed by atoms with van der Waals surface area (Å²) in [6.45, 7) is 2.11. The van der Waals surface area contributed by atoms with Gasteiger partial charge >= 0.3 is 0 Å². The first-order chi connectivity index (χ1) is 6.42. The van der Waals surface area contributed by atoms with Crippen LogP contribution >= 0.6 is 0 Å². The monoisotopic (exact) mass is 178 g/mol. The van der Waals surface area contributed by atoms with Crippen molar-refractivity contribution in [1.82, 2.24) is 10.3 Å². The lowest BCUT2D eigenvalue weighted by atomic mass is 10.2. The van der Waals surface area contributed by atoms with Crippen molar-refractivity contribution in [3.05, 3.63) is 23.5 Å². The molecule has 68 valence electrons. The van der Waals surface area contributed by atoms with Gasteiger partial charge in [0.1, 0.15) is 12.4 Å². The van der Waals surface area contributed by atoms with E-state index in [2.05, 4.69) is 10.3 Å². The van der Waals surface area contributed by atoms with E-state index in [9.17, 15) is 4.79 Å². The fourth-order valence-electron chi connectivity index (χ4n) is 1.34. The summed E-state index contributed by atoms with van der Waals surface area (Å²) in [5.74, 6) is 0.676. The standard InChI is InChI=1S/C9H10N2O2/c12-6-8-5-11-4-7-3-10-1-2-13-9(7)8/h4-6,10H,1-3H2. The number of rotatable bonds is 1. The molecular formula is C9H10N2O2. The topological polar surface area (TPSA) is 51.2 Å². The van der Waals surface area contributed by atoms with Crippen LogP contribution in [0.15, 0.2) is 12.4 Å². The Morgan fingerprint density at radius 3 is 3.31 bits per heavy atom. The highest BCUT2D eigenvalue weighted by Gasteiger charge is 2.12. The molecule has 0 fully saturated rings. The zero-order valence-corrected chi connectivity index (χ0v) is 7.12. The third-order valence-corrected chi connectivity index (χ3v) is 1.97. The molecule has 2 heterocycles. The van der Waals surface area contributed by atoms with E-state index in [-0.39, 0.29) is 0 Å². The maximum Gasteiger partial charge on any atom is 0.155 e. The Labute approximate surface area is 75.9 Å². The van der Waals surface area contributed by atoms with Gasteiger partial charge in [0.25, 0.3) is 0 Å². The van der Waals surface area contributed by atoms with Gasteiger partial charge in [0.15, 0.2) is 6.29 Å². The van der Waals surface area contributed by atoms with Gasteiger partial charge in [-0.05, 0) is 0 Å². The Balaban J connectivity index is 2.45. The van der Waals surface area contributed by atoms with Crippen LogP contribution in [0, 0.1) is 0 Å². The number of aldehydes is 1. The molecule has 0 saturated heterocycles. The molecule has 13 heavy (non-hydrogen) atoms. The van der Waals surface area contributed by atoms with Crippen LogP contribution < -0.4 is 10.1 Å². The Kier molecular flexibility index (Phi) is 2.23. The molecule has 2 rings (SSSR count). The Bertz CT molecular complexity index is 325. The van der Waals surface area contributed by atoms with Crippen molar-refractivity contribution in [2.24, 2.45) is 0 Å². The van der Waals surface area contributed by atoms with Crippen LogP contribution in [0.3, 0.4) is 0 Å². The predicted molar refractivity (Wildman–Crippen MR) is 46.8 cm³/mol. The molecule has 0 radical (unpaired) electrons. The van der Waals surface area contributed by atoms with E-state index < -0.39 is 0 Å². The molecule has 0 aromatic carbocycles. The van der Waals surface area contributed by atoms with Gasteiger partial charge in [0.05, 0.1) is 5.56 Å². The molecule has 0 unspecified atom stereocenters. The molecule has 4 heteroatoms. The first kappa shape index (κ1) is 8.19. The van der Waals surface area contributed by atoms with E-state index in [0.717, 1.165) is 18.4 Å². The van der Waals surface area contributed by atoms with Gasteiger partial charge < -0.3 is 10.1 Å². The molecule has 1 aromatic rings. The van der Waals surface area contributed by atoms with Gasteiger partial charge in [-0.1, -0.05) is 0 Å². The van der Waals surface area contributed by atoms with Crippen LogP contribution in [0.25, 0.3) is 0 Å². The summed E-state index contributed by atoms with van der Waals surface area (Å²) >= 11 is 0. The number of pyridine rings is 1. The Morgan fingerprint density at radius 1 is 1.54 bits per heavy atom. The summed E-state index contributed by atoms with van der Waals surface area (Å²) in [4.78, 5) is 14.6. The molecule has 1 aliphatic heterocycles. The minimum atomic E-state index is 0.529. The number of fused-ring (bicyclic) bond motifs is 1. The molecule has 1 aromatic heterocycles. The third kappa shape index (κ3) is 1.53. The smallest absolute Gasteiger partial charge is 0.155 e. The van der Waals surface area contributed by atoms with Crippen LogP contribution in [0.5, 0.6) is 5.75 Å². The lowest BCUT2D eigenvalue weighted by molar-refractivity contribution is 0.111. The number of carbonyl (C=O) groups is 1. The van der Waals surface area contributed by atoms with Crippen molar-refractivity contribution >= 4 is 6.29 Å². The first-order valence-electron chi connectivity index (χ1n) is 4.17. The van der Waals surface area contributed by atoms with E-state index >= 15 is 0 Å². The first-order valence-corrected chi connectivity index (χ1v) is 4.17. The second kappa shape index (κ2) is 3.53. The van der Waals surface area contributed by atoms with E-state index in [1.165, 1.54) is 6.20 Å². The van der Waals surface area contributed by atoms with Crippen molar-refractivity contribution in [1.29, 1.82) is 0 Å². The Hall–Kier alpha value is -1.42. The van der Waals surface area contributed by atoms with Crippen LogP contribution in [0.2, 0.25) is 0 Å². The number of ether oxygens (including phenoxy) is 1. The van der Waals surface area contributed by atoms with Crippen LogP contribution in [0.1, 0.15) is 15.9 Å². The largest absolute Gasteiger partial charge is 0.491 e. The van der Waals surface area contributed by atoms with Crippen molar-refractivity contribution in [3.63, 3.8) is 0 Å². The zero-order chi connectivity index (χ0) is 9.10. The number of carbonyl (C=O) groups excluding carboxylic acids is 1. The molecule has 0 atom stereocenters. The van der Waals surface area contributed by atoms with Gasteiger partial charge in [-0.25, -0.2) is 0 Å². The maximum absolute atomic E-state index is 10.7. The van der Waals surface area contributed by atoms with E-state index in [1.54, 1.807) is 6.20 Å². The lowest BCUT2D eigenvalue weighted by Crippen LogP contribution is -2.16. The minimum absolute atomic E-state index is 0.529. The molecule has 0 aliphatic carbocycles. The molecule has 1 aliphatic rings. The SMILES string of the molecule is O=Cc1cncc2c1OCCNC2. The van der Waals surface area contributed by atoms with E-state index in [4.69, 9.17) is 4.74 Å². The van der Waals surface area contributed by atoms with Crippen molar-refractivity contribution < 1.29 is 9.53 Å². The lowest BCUT2D eigenvalue weighted by Gasteiger charge is -2.07. The Morgan fingerprint density at radius 2 is 2.46 bits per heavy atom. The highest BCUT2D eigenvalue weighted by Crippen LogP contribution is 2.22. The second-order valence-electron chi connectivity index (χ2n) is 2.86. The number of hydrogen-bond donors (Lipinski definition) is 1. The number of aromatic nitrogens is 1. The summed E-state index contributed by atoms with van der Waals surface area (Å²) in [6, 6.07) is 0. The van der Waals surface area contributed by atoms with E-state index in [1.807, 2.05) is 0 Å². The average Bonchev–Trinajstić information content (AvgIpc) is 2.41. The van der Waals surface area contributed by atoms with Crippen LogP contribution in [0.4, 0.5) is 0 Å². The molecule has 0 spiro atoms.